The number of nitrogens with two attached hydrogens (primary N) is 1. The molecule has 1 aliphatic rings. The molecule has 0 saturated carbocycles. The Kier molecular flexibility index (Phi) is 8.99. The van der Waals surface area contributed by atoms with E-state index in [1.165, 1.54) is 16.4 Å². The summed E-state index contributed by atoms with van der Waals surface area (Å²) in [6.45, 7) is 5.42. The van der Waals surface area contributed by atoms with Crippen LogP contribution in [-0.4, -0.2) is 57.0 Å². The summed E-state index contributed by atoms with van der Waals surface area (Å²) in [7, 11) is -3.66. The van der Waals surface area contributed by atoms with Crippen LogP contribution in [0.4, 0.5) is 0 Å². The van der Waals surface area contributed by atoms with E-state index in [1.807, 2.05) is 13.8 Å². The molecule has 2 rings (SSSR count). The molecule has 0 radical (unpaired) electrons. The topological polar surface area (TPSA) is 102 Å². The highest BCUT2D eigenvalue weighted by Gasteiger charge is 2.32. The summed E-state index contributed by atoms with van der Waals surface area (Å²) in [6.07, 6.45) is 1.31. The third kappa shape index (κ3) is 5.92. The number of rotatable bonds is 7. The van der Waals surface area contributed by atoms with Crippen molar-refractivity contribution in [3.05, 3.63) is 29.8 Å². The predicted molar refractivity (Wildman–Crippen MR) is 103 cm³/mol. The lowest BCUT2D eigenvalue weighted by molar-refractivity contribution is -0.0440. The van der Waals surface area contributed by atoms with Gasteiger partial charge in [0.2, 0.25) is 10.0 Å². The molecule has 1 amide bonds. The summed E-state index contributed by atoms with van der Waals surface area (Å²) < 4.78 is 32.8. The number of unbranched alkanes of at least 4 members (excludes halogenated alkanes) is 1. The van der Waals surface area contributed by atoms with E-state index in [-0.39, 0.29) is 35.4 Å². The monoisotopic (exact) mass is 405 g/mol. The lowest BCUT2D eigenvalue weighted by atomic mass is 10.2. The fourth-order valence-electron chi connectivity index (χ4n) is 2.85. The first-order valence-corrected chi connectivity index (χ1v) is 10.0. The van der Waals surface area contributed by atoms with Gasteiger partial charge in [0, 0.05) is 25.2 Å². The van der Waals surface area contributed by atoms with Crippen LogP contribution in [0.25, 0.3) is 0 Å². The molecule has 0 aromatic heterocycles. The van der Waals surface area contributed by atoms with E-state index < -0.39 is 10.0 Å². The molecule has 0 spiro atoms. The summed E-state index contributed by atoms with van der Waals surface area (Å²) in [5, 5.41) is 2.78. The van der Waals surface area contributed by atoms with Crippen LogP contribution in [0.2, 0.25) is 0 Å². The van der Waals surface area contributed by atoms with Crippen LogP contribution >= 0.6 is 12.4 Å². The fraction of sp³-hybridized carbons (Fsp3) is 0.588. The number of carbonyl (C=O) groups is 1. The number of halogens is 1. The highest BCUT2D eigenvalue weighted by atomic mass is 35.5. The lowest BCUT2D eigenvalue weighted by Crippen LogP contribution is -2.48. The molecule has 1 fully saturated rings. The van der Waals surface area contributed by atoms with Gasteiger partial charge in [-0.3, -0.25) is 4.79 Å². The second-order valence-electron chi connectivity index (χ2n) is 6.36. The van der Waals surface area contributed by atoms with Gasteiger partial charge >= 0.3 is 0 Å². The van der Waals surface area contributed by atoms with Gasteiger partial charge < -0.3 is 15.8 Å². The van der Waals surface area contributed by atoms with Gasteiger partial charge in [-0.1, -0.05) is 6.07 Å². The summed E-state index contributed by atoms with van der Waals surface area (Å²) >= 11 is 0. The lowest BCUT2D eigenvalue weighted by Gasteiger charge is -2.34. The Balaban J connectivity index is 0.00000338. The van der Waals surface area contributed by atoms with Crippen LogP contribution in [0, 0.1) is 0 Å². The largest absolute Gasteiger partial charge is 0.373 e. The highest BCUT2D eigenvalue weighted by molar-refractivity contribution is 7.89. The predicted octanol–water partition coefficient (Wildman–Crippen LogP) is 1.38. The maximum atomic E-state index is 12.9. The summed E-state index contributed by atoms with van der Waals surface area (Å²) in [5.74, 6) is -0.280. The molecule has 9 heteroatoms. The van der Waals surface area contributed by atoms with Crippen molar-refractivity contribution in [2.45, 2.75) is 43.8 Å². The fourth-order valence-corrected chi connectivity index (χ4v) is 4.48. The first-order valence-electron chi connectivity index (χ1n) is 8.58. The molecule has 0 aliphatic carbocycles. The third-order valence-corrected chi connectivity index (χ3v) is 5.86. The number of nitrogens with zero attached hydrogens (tertiary/aromatic N) is 1. The Morgan fingerprint density at radius 3 is 2.54 bits per heavy atom. The first-order chi connectivity index (χ1) is 11.8. The molecule has 1 aromatic carbocycles. The van der Waals surface area contributed by atoms with Crippen molar-refractivity contribution in [3.63, 3.8) is 0 Å². The maximum Gasteiger partial charge on any atom is 0.251 e. The number of nitrogens with one attached hydrogen (secondary N) is 1. The Hall–Kier alpha value is -1.19. The van der Waals surface area contributed by atoms with Crippen molar-refractivity contribution in [2.75, 3.05) is 26.2 Å². The summed E-state index contributed by atoms with van der Waals surface area (Å²) in [4.78, 5) is 12.3. The number of benzene rings is 1. The minimum Gasteiger partial charge on any atom is -0.373 e. The van der Waals surface area contributed by atoms with Gasteiger partial charge in [-0.05, 0) is 51.4 Å². The smallest absolute Gasteiger partial charge is 0.251 e. The van der Waals surface area contributed by atoms with Gasteiger partial charge in [-0.2, -0.15) is 4.31 Å². The first kappa shape index (κ1) is 22.9. The van der Waals surface area contributed by atoms with Crippen molar-refractivity contribution >= 4 is 28.3 Å². The van der Waals surface area contributed by atoms with E-state index >= 15 is 0 Å². The van der Waals surface area contributed by atoms with E-state index in [4.69, 9.17) is 10.5 Å². The number of morpholine rings is 1. The van der Waals surface area contributed by atoms with Crippen LogP contribution in [-0.2, 0) is 14.8 Å². The molecule has 1 saturated heterocycles. The summed E-state index contributed by atoms with van der Waals surface area (Å²) in [5.41, 5.74) is 5.76. The SMILES string of the molecule is CC1CN(S(=O)(=O)c2cccc(C(=O)NCCCCN)c2)CC(C)O1.Cl. The maximum absolute atomic E-state index is 12.9. The molecular formula is C17H28ClN3O4S. The molecule has 1 aliphatic heterocycles. The van der Waals surface area contributed by atoms with Gasteiger partial charge in [-0.15, -0.1) is 12.4 Å². The zero-order valence-corrected chi connectivity index (χ0v) is 16.8. The van der Waals surface area contributed by atoms with Crippen molar-refractivity contribution in [3.8, 4) is 0 Å². The Bertz CT molecular complexity index is 689. The molecule has 0 bridgehead atoms. The Morgan fingerprint density at radius 2 is 1.92 bits per heavy atom. The van der Waals surface area contributed by atoms with Crippen LogP contribution in [0.15, 0.2) is 29.2 Å². The van der Waals surface area contributed by atoms with E-state index in [2.05, 4.69) is 5.32 Å². The normalized spacial score (nSPS) is 21.0. The molecule has 2 atom stereocenters. The number of hydrogen-bond acceptors (Lipinski definition) is 5. The minimum atomic E-state index is -3.66. The van der Waals surface area contributed by atoms with Crippen LogP contribution < -0.4 is 11.1 Å². The number of sulfonamides is 1. The van der Waals surface area contributed by atoms with E-state index in [1.54, 1.807) is 12.1 Å². The number of ether oxygens (including phenoxy) is 1. The van der Waals surface area contributed by atoms with Crippen molar-refractivity contribution in [1.82, 2.24) is 9.62 Å². The van der Waals surface area contributed by atoms with Gasteiger partial charge in [-0.25, -0.2) is 8.42 Å². The standard InChI is InChI=1S/C17H27N3O4S.ClH/c1-13-11-20(12-14(2)24-13)25(22,23)16-7-5-6-15(10-16)17(21)19-9-4-3-8-18;/h5-7,10,13-14H,3-4,8-9,11-12,18H2,1-2H3,(H,19,21);1H. The molecule has 7 nitrogen and oxygen atoms in total. The van der Waals surface area contributed by atoms with Crippen molar-refractivity contribution in [1.29, 1.82) is 0 Å². The van der Waals surface area contributed by atoms with Crippen molar-refractivity contribution < 1.29 is 17.9 Å². The van der Waals surface area contributed by atoms with Gasteiger partial charge in [0.15, 0.2) is 0 Å². The van der Waals surface area contributed by atoms with E-state index in [0.29, 0.717) is 31.7 Å². The quantitative estimate of drug-likeness (QED) is 0.667. The van der Waals surface area contributed by atoms with E-state index in [9.17, 15) is 13.2 Å². The number of hydrogen-bond donors (Lipinski definition) is 2. The van der Waals surface area contributed by atoms with Crippen molar-refractivity contribution in [2.24, 2.45) is 5.73 Å². The Morgan fingerprint density at radius 1 is 1.27 bits per heavy atom. The van der Waals surface area contributed by atoms with Crippen LogP contribution in [0.1, 0.15) is 37.0 Å². The molecule has 3 N–H and O–H groups in total. The summed E-state index contributed by atoms with van der Waals surface area (Å²) in [6, 6.07) is 6.15. The highest BCUT2D eigenvalue weighted by Crippen LogP contribution is 2.21. The average Bonchev–Trinajstić information content (AvgIpc) is 2.58. The second-order valence-corrected chi connectivity index (χ2v) is 8.30. The second kappa shape index (κ2) is 10.2. The zero-order valence-electron chi connectivity index (χ0n) is 15.2. The molecule has 1 heterocycles. The third-order valence-electron chi connectivity index (χ3n) is 4.04. The van der Waals surface area contributed by atoms with Crippen LogP contribution in [0.5, 0.6) is 0 Å². The number of carbonyl (C=O) groups excluding carboxylic acids is 1. The van der Waals surface area contributed by atoms with Gasteiger partial charge in [0.05, 0.1) is 17.1 Å². The van der Waals surface area contributed by atoms with Gasteiger partial charge in [0.1, 0.15) is 0 Å². The van der Waals surface area contributed by atoms with Crippen LogP contribution in [0.3, 0.4) is 0 Å². The molecular weight excluding hydrogens is 378 g/mol. The number of amides is 1. The molecule has 2 unspecified atom stereocenters. The minimum absolute atomic E-state index is 0. The average molecular weight is 406 g/mol. The molecule has 26 heavy (non-hydrogen) atoms. The molecule has 1 aromatic rings. The molecule has 148 valence electrons. The Labute approximate surface area is 161 Å². The van der Waals surface area contributed by atoms with Gasteiger partial charge in [0.25, 0.3) is 5.91 Å². The van der Waals surface area contributed by atoms with E-state index in [0.717, 1.165) is 12.8 Å². The zero-order chi connectivity index (χ0) is 18.4.